The molecule has 0 bridgehead atoms. The predicted molar refractivity (Wildman–Crippen MR) is 61.6 cm³/mol. The molecule has 0 saturated heterocycles. The van der Waals surface area contributed by atoms with Crippen molar-refractivity contribution in [3.05, 3.63) is 24.0 Å². The van der Waals surface area contributed by atoms with Crippen molar-refractivity contribution in [2.75, 3.05) is 10.5 Å². The molecular formula is C9H14FN3O2S. The minimum absolute atomic E-state index is 0.0886. The number of nitrogens with two attached hydrogens (primary N) is 1. The lowest BCUT2D eigenvalue weighted by Crippen LogP contribution is -2.35. The van der Waals surface area contributed by atoms with E-state index in [1.54, 1.807) is 13.8 Å². The average Bonchev–Trinajstić information content (AvgIpc) is 1.95. The van der Waals surface area contributed by atoms with E-state index >= 15 is 0 Å². The van der Waals surface area contributed by atoms with E-state index in [0.717, 1.165) is 12.1 Å². The van der Waals surface area contributed by atoms with Crippen molar-refractivity contribution >= 4 is 21.6 Å². The van der Waals surface area contributed by atoms with Gasteiger partial charge in [0.15, 0.2) is 0 Å². The molecule has 0 aliphatic carbocycles. The molecule has 0 aromatic heterocycles. The summed E-state index contributed by atoms with van der Waals surface area (Å²) < 4.78 is 40.3. The molecule has 0 aliphatic rings. The molecule has 0 saturated carbocycles. The van der Waals surface area contributed by atoms with Crippen molar-refractivity contribution in [3.63, 3.8) is 0 Å². The maximum absolute atomic E-state index is 12.9. The third-order valence-electron chi connectivity index (χ3n) is 1.56. The van der Waals surface area contributed by atoms with E-state index in [1.807, 2.05) is 0 Å². The van der Waals surface area contributed by atoms with Crippen LogP contribution in [0, 0.1) is 5.82 Å². The number of nitrogen functional groups attached to an aromatic ring is 1. The van der Waals surface area contributed by atoms with Gasteiger partial charge in [0.25, 0.3) is 10.2 Å². The molecule has 1 aromatic carbocycles. The lowest BCUT2D eigenvalue weighted by molar-refractivity contribution is 0.575. The van der Waals surface area contributed by atoms with Gasteiger partial charge in [-0.25, -0.2) is 4.39 Å². The van der Waals surface area contributed by atoms with Crippen molar-refractivity contribution < 1.29 is 12.8 Å². The average molecular weight is 247 g/mol. The third-order valence-corrected chi connectivity index (χ3v) is 2.85. The van der Waals surface area contributed by atoms with Gasteiger partial charge in [0.05, 0.1) is 5.69 Å². The van der Waals surface area contributed by atoms with Gasteiger partial charge in [-0.05, 0) is 32.0 Å². The first-order valence-electron chi connectivity index (χ1n) is 4.64. The van der Waals surface area contributed by atoms with Gasteiger partial charge in [0.2, 0.25) is 0 Å². The SMILES string of the molecule is CC(C)NS(=O)(=O)Nc1cc(N)cc(F)c1. The smallest absolute Gasteiger partial charge is 0.299 e. The van der Waals surface area contributed by atoms with Crippen LogP contribution in [0.2, 0.25) is 0 Å². The highest BCUT2D eigenvalue weighted by Crippen LogP contribution is 2.16. The van der Waals surface area contributed by atoms with E-state index in [-0.39, 0.29) is 17.4 Å². The van der Waals surface area contributed by atoms with Crippen molar-refractivity contribution in [1.29, 1.82) is 0 Å². The summed E-state index contributed by atoms with van der Waals surface area (Å²) in [6.07, 6.45) is 0. The molecule has 7 heteroatoms. The maximum Gasteiger partial charge on any atom is 0.299 e. The van der Waals surface area contributed by atoms with Crippen LogP contribution < -0.4 is 15.2 Å². The third kappa shape index (κ3) is 4.03. The minimum atomic E-state index is -3.69. The Hall–Kier alpha value is -1.34. The normalized spacial score (nSPS) is 11.8. The van der Waals surface area contributed by atoms with Crippen LogP contribution in [-0.4, -0.2) is 14.5 Å². The Morgan fingerprint density at radius 1 is 1.31 bits per heavy atom. The van der Waals surface area contributed by atoms with E-state index in [4.69, 9.17) is 5.73 Å². The van der Waals surface area contributed by atoms with Gasteiger partial charge in [-0.3, -0.25) is 4.72 Å². The molecule has 0 spiro atoms. The van der Waals surface area contributed by atoms with Crippen molar-refractivity contribution in [1.82, 2.24) is 4.72 Å². The lowest BCUT2D eigenvalue weighted by Gasteiger charge is -2.11. The first kappa shape index (κ1) is 12.7. The van der Waals surface area contributed by atoms with Crippen molar-refractivity contribution in [2.45, 2.75) is 19.9 Å². The number of rotatable bonds is 4. The Kier molecular flexibility index (Phi) is 3.71. The van der Waals surface area contributed by atoms with Crippen molar-refractivity contribution in [3.8, 4) is 0 Å². The van der Waals surface area contributed by atoms with E-state index in [9.17, 15) is 12.8 Å². The molecule has 16 heavy (non-hydrogen) atoms. The van der Waals surface area contributed by atoms with E-state index < -0.39 is 16.0 Å². The molecule has 4 N–H and O–H groups in total. The second-order valence-corrected chi connectivity index (χ2v) is 5.10. The molecule has 0 amide bonds. The number of hydrogen-bond donors (Lipinski definition) is 3. The Labute approximate surface area is 94.0 Å². The molecule has 1 aromatic rings. The van der Waals surface area contributed by atoms with Crippen LogP contribution in [0.4, 0.5) is 15.8 Å². The van der Waals surface area contributed by atoms with Gasteiger partial charge < -0.3 is 5.73 Å². The van der Waals surface area contributed by atoms with Gasteiger partial charge in [-0.15, -0.1) is 0 Å². The van der Waals surface area contributed by atoms with Gasteiger partial charge in [0, 0.05) is 11.7 Å². The zero-order valence-corrected chi connectivity index (χ0v) is 9.81. The highest BCUT2D eigenvalue weighted by atomic mass is 32.2. The van der Waals surface area contributed by atoms with Crippen LogP contribution in [0.25, 0.3) is 0 Å². The monoisotopic (exact) mass is 247 g/mol. The van der Waals surface area contributed by atoms with Crippen LogP contribution in [0.15, 0.2) is 18.2 Å². The van der Waals surface area contributed by atoms with Crippen molar-refractivity contribution in [2.24, 2.45) is 0 Å². The molecule has 0 heterocycles. The number of halogens is 1. The number of benzene rings is 1. The van der Waals surface area contributed by atoms with Gasteiger partial charge in [-0.2, -0.15) is 13.1 Å². The summed E-state index contributed by atoms with van der Waals surface area (Å²) >= 11 is 0. The first-order chi connectivity index (χ1) is 7.28. The zero-order chi connectivity index (χ0) is 12.3. The van der Waals surface area contributed by atoms with E-state index in [1.165, 1.54) is 6.07 Å². The topological polar surface area (TPSA) is 84.2 Å². The summed E-state index contributed by atoms with van der Waals surface area (Å²) in [5.74, 6) is -0.595. The van der Waals surface area contributed by atoms with E-state index in [0.29, 0.717) is 0 Å². The fourth-order valence-corrected chi connectivity index (χ4v) is 2.27. The summed E-state index contributed by atoms with van der Waals surface area (Å²) in [4.78, 5) is 0. The fourth-order valence-electron chi connectivity index (χ4n) is 1.17. The van der Waals surface area contributed by atoms with Crippen LogP contribution >= 0.6 is 0 Å². The molecule has 0 radical (unpaired) electrons. The van der Waals surface area contributed by atoms with Crippen LogP contribution in [0.1, 0.15) is 13.8 Å². The summed E-state index contributed by atoms with van der Waals surface area (Å²) in [6, 6.07) is 3.25. The number of anilines is 2. The lowest BCUT2D eigenvalue weighted by atomic mass is 10.3. The van der Waals surface area contributed by atoms with Crippen LogP contribution in [-0.2, 0) is 10.2 Å². The Balaban J connectivity index is 2.88. The first-order valence-corrected chi connectivity index (χ1v) is 6.13. The molecule has 1 rings (SSSR count). The number of nitrogens with one attached hydrogen (secondary N) is 2. The Morgan fingerprint density at radius 3 is 2.44 bits per heavy atom. The minimum Gasteiger partial charge on any atom is -0.399 e. The standard InChI is InChI=1S/C9H14FN3O2S/c1-6(2)12-16(14,15)13-9-4-7(10)3-8(11)5-9/h3-6,12-13H,11H2,1-2H3. The second kappa shape index (κ2) is 4.67. The summed E-state index contributed by atoms with van der Waals surface area (Å²) in [5.41, 5.74) is 5.63. The van der Waals surface area contributed by atoms with Gasteiger partial charge in [-0.1, -0.05) is 0 Å². The summed E-state index contributed by atoms with van der Waals surface area (Å²) in [5, 5.41) is 0. The molecule has 90 valence electrons. The quantitative estimate of drug-likeness (QED) is 0.696. The van der Waals surface area contributed by atoms with Gasteiger partial charge in [0.1, 0.15) is 5.82 Å². The van der Waals surface area contributed by atoms with E-state index in [2.05, 4.69) is 9.44 Å². The summed E-state index contributed by atoms with van der Waals surface area (Å²) in [7, 11) is -3.69. The highest BCUT2D eigenvalue weighted by Gasteiger charge is 2.11. The zero-order valence-electron chi connectivity index (χ0n) is 8.99. The Morgan fingerprint density at radius 2 is 1.94 bits per heavy atom. The fraction of sp³-hybridized carbons (Fsp3) is 0.333. The summed E-state index contributed by atoms with van der Waals surface area (Å²) in [6.45, 7) is 3.36. The molecule has 5 nitrogen and oxygen atoms in total. The maximum atomic E-state index is 12.9. The molecule has 0 fully saturated rings. The highest BCUT2D eigenvalue weighted by molar-refractivity contribution is 7.90. The van der Waals surface area contributed by atoms with Crippen LogP contribution in [0.3, 0.4) is 0 Å². The molecule has 0 aliphatic heterocycles. The van der Waals surface area contributed by atoms with Gasteiger partial charge >= 0.3 is 0 Å². The number of hydrogen-bond acceptors (Lipinski definition) is 3. The Bertz CT molecular complexity index is 453. The van der Waals surface area contributed by atoms with Crippen LogP contribution in [0.5, 0.6) is 0 Å². The predicted octanol–water partition coefficient (Wildman–Crippen LogP) is 1.06. The molecular weight excluding hydrogens is 233 g/mol. The largest absolute Gasteiger partial charge is 0.399 e. The molecule has 0 unspecified atom stereocenters. The second-order valence-electron chi connectivity index (χ2n) is 3.65. The molecule has 0 atom stereocenters.